The van der Waals surface area contributed by atoms with Crippen LogP contribution in [0.1, 0.15) is 19.4 Å². The summed E-state index contributed by atoms with van der Waals surface area (Å²) in [4.78, 5) is 0.355. The van der Waals surface area contributed by atoms with Crippen LogP contribution in [0, 0.1) is 6.92 Å². The smallest absolute Gasteiger partial charge is 0.175 e. The molecule has 0 saturated heterocycles. The minimum atomic E-state index is -3.11. The molecule has 0 aliphatic rings. The van der Waals surface area contributed by atoms with E-state index in [4.69, 9.17) is 0 Å². The van der Waals surface area contributed by atoms with Crippen LogP contribution in [-0.4, -0.2) is 14.7 Å². The zero-order valence-electron chi connectivity index (χ0n) is 11.8. The lowest BCUT2D eigenvalue weighted by atomic mass is 10.0. The molecular formula is C16H20O2S. The normalized spacial score (nSPS) is 10.5. The minimum absolute atomic E-state index is 0.355. The van der Waals surface area contributed by atoms with E-state index in [9.17, 15) is 8.42 Å². The summed E-state index contributed by atoms with van der Waals surface area (Å²) in [5, 5.41) is 0. The van der Waals surface area contributed by atoms with Gasteiger partial charge in [-0.05, 0) is 30.2 Å². The Labute approximate surface area is 116 Å². The molecule has 0 fully saturated rings. The van der Waals surface area contributed by atoms with Crippen LogP contribution in [0.4, 0.5) is 0 Å². The first kappa shape index (κ1) is 15.4. The fourth-order valence-corrected chi connectivity index (χ4v) is 2.27. The van der Waals surface area contributed by atoms with Crippen LogP contribution in [0.5, 0.6) is 0 Å². The van der Waals surface area contributed by atoms with Crippen molar-refractivity contribution >= 4 is 9.84 Å². The predicted molar refractivity (Wildman–Crippen MR) is 81.1 cm³/mol. The Morgan fingerprint density at radius 3 is 1.47 bits per heavy atom. The van der Waals surface area contributed by atoms with Crippen LogP contribution < -0.4 is 0 Å². The third-order valence-electron chi connectivity index (χ3n) is 2.67. The molecule has 0 spiro atoms. The lowest BCUT2D eigenvalue weighted by Gasteiger charge is -2.03. The monoisotopic (exact) mass is 276 g/mol. The third-order valence-corrected chi connectivity index (χ3v) is 3.80. The second-order valence-electron chi connectivity index (χ2n) is 4.16. The average Bonchev–Trinajstić information content (AvgIpc) is 2.41. The van der Waals surface area contributed by atoms with E-state index in [2.05, 4.69) is 0 Å². The number of hydrogen-bond donors (Lipinski definition) is 0. The minimum Gasteiger partial charge on any atom is -0.224 e. The van der Waals surface area contributed by atoms with E-state index < -0.39 is 9.84 Å². The van der Waals surface area contributed by atoms with E-state index in [1.54, 1.807) is 12.1 Å². The second-order valence-corrected chi connectivity index (χ2v) is 6.18. The molecule has 0 atom stereocenters. The fourth-order valence-electron chi connectivity index (χ4n) is 1.64. The zero-order valence-corrected chi connectivity index (χ0v) is 12.7. The van der Waals surface area contributed by atoms with Gasteiger partial charge in [-0.15, -0.1) is 0 Å². The van der Waals surface area contributed by atoms with Crippen molar-refractivity contribution in [1.82, 2.24) is 0 Å². The van der Waals surface area contributed by atoms with Crippen molar-refractivity contribution in [3.8, 4) is 11.1 Å². The molecule has 0 aromatic heterocycles. The van der Waals surface area contributed by atoms with E-state index in [0.29, 0.717) is 4.90 Å². The van der Waals surface area contributed by atoms with Crippen molar-refractivity contribution < 1.29 is 8.42 Å². The highest BCUT2D eigenvalue weighted by Crippen LogP contribution is 2.21. The molecule has 19 heavy (non-hydrogen) atoms. The first-order valence-corrected chi connectivity index (χ1v) is 8.23. The van der Waals surface area contributed by atoms with Gasteiger partial charge in [0.25, 0.3) is 0 Å². The number of aryl methyl sites for hydroxylation is 1. The van der Waals surface area contributed by atoms with Gasteiger partial charge < -0.3 is 0 Å². The van der Waals surface area contributed by atoms with Gasteiger partial charge in [-0.3, -0.25) is 0 Å². The second kappa shape index (κ2) is 6.53. The Balaban J connectivity index is 0.000000861. The van der Waals surface area contributed by atoms with Crippen molar-refractivity contribution in [2.45, 2.75) is 25.7 Å². The molecule has 2 aromatic rings. The number of rotatable bonds is 2. The summed E-state index contributed by atoms with van der Waals surface area (Å²) in [7, 11) is -3.11. The topological polar surface area (TPSA) is 34.1 Å². The lowest BCUT2D eigenvalue weighted by molar-refractivity contribution is 0.602. The summed E-state index contributed by atoms with van der Waals surface area (Å²) >= 11 is 0. The first-order chi connectivity index (χ1) is 8.97. The SMILES string of the molecule is CC.Cc1ccc(-c2ccc(S(C)(=O)=O)cc2)cc1. The molecule has 3 heteroatoms. The average molecular weight is 276 g/mol. The van der Waals surface area contributed by atoms with Crippen molar-refractivity contribution in [1.29, 1.82) is 0 Å². The highest BCUT2D eigenvalue weighted by atomic mass is 32.2. The van der Waals surface area contributed by atoms with Crippen molar-refractivity contribution in [3.63, 3.8) is 0 Å². The predicted octanol–water partition coefficient (Wildman–Crippen LogP) is 4.09. The molecule has 102 valence electrons. The summed E-state index contributed by atoms with van der Waals surface area (Å²) in [6, 6.07) is 15.1. The standard InChI is InChI=1S/C14H14O2S.C2H6/c1-11-3-5-12(6-4-11)13-7-9-14(10-8-13)17(2,15)16;1-2/h3-10H,1-2H3;1-2H3. The summed E-state index contributed by atoms with van der Waals surface area (Å²) < 4.78 is 22.7. The van der Waals surface area contributed by atoms with E-state index in [1.165, 1.54) is 11.8 Å². The Hall–Kier alpha value is -1.61. The first-order valence-electron chi connectivity index (χ1n) is 6.34. The van der Waals surface area contributed by atoms with Crippen LogP contribution in [0.15, 0.2) is 53.4 Å². The van der Waals surface area contributed by atoms with Crippen LogP contribution in [0.25, 0.3) is 11.1 Å². The molecule has 0 amide bonds. The summed E-state index contributed by atoms with van der Waals surface area (Å²) in [5.74, 6) is 0. The molecule has 0 heterocycles. The number of hydrogen-bond acceptors (Lipinski definition) is 2. The molecule has 0 N–H and O–H groups in total. The zero-order chi connectivity index (χ0) is 14.5. The third kappa shape index (κ3) is 4.21. The Bertz CT molecular complexity index is 609. The van der Waals surface area contributed by atoms with E-state index >= 15 is 0 Å². The van der Waals surface area contributed by atoms with Crippen LogP contribution in [0.2, 0.25) is 0 Å². The van der Waals surface area contributed by atoms with Crippen LogP contribution >= 0.6 is 0 Å². The molecule has 0 saturated carbocycles. The Morgan fingerprint density at radius 2 is 1.11 bits per heavy atom. The van der Waals surface area contributed by atoms with Gasteiger partial charge in [-0.2, -0.15) is 0 Å². The van der Waals surface area contributed by atoms with Crippen molar-refractivity contribution in [2.24, 2.45) is 0 Å². The van der Waals surface area contributed by atoms with E-state index in [1.807, 2.05) is 57.2 Å². The van der Waals surface area contributed by atoms with Gasteiger partial charge in [0.05, 0.1) is 4.90 Å². The maximum absolute atomic E-state index is 11.3. The molecule has 2 nitrogen and oxygen atoms in total. The fraction of sp³-hybridized carbons (Fsp3) is 0.250. The molecule has 0 aliphatic carbocycles. The highest BCUT2D eigenvalue weighted by molar-refractivity contribution is 7.90. The molecule has 0 aliphatic heterocycles. The van der Waals surface area contributed by atoms with Gasteiger partial charge in [0.2, 0.25) is 0 Å². The van der Waals surface area contributed by atoms with Gasteiger partial charge in [0, 0.05) is 6.26 Å². The van der Waals surface area contributed by atoms with Gasteiger partial charge in [0.15, 0.2) is 9.84 Å². The van der Waals surface area contributed by atoms with Crippen LogP contribution in [0.3, 0.4) is 0 Å². The molecule has 2 aromatic carbocycles. The summed E-state index contributed by atoms with van der Waals surface area (Å²) in [5.41, 5.74) is 3.33. The number of benzene rings is 2. The van der Waals surface area contributed by atoms with Gasteiger partial charge in [-0.25, -0.2) is 8.42 Å². The van der Waals surface area contributed by atoms with E-state index in [0.717, 1.165) is 11.1 Å². The quantitative estimate of drug-likeness (QED) is 0.828. The Kier molecular flexibility index (Phi) is 5.31. The number of sulfone groups is 1. The van der Waals surface area contributed by atoms with E-state index in [-0.39, 0.29) is 0 Å². The van der Waals surface area contributed by atoms with Crippen molar-refractivity contribution in [2.75, 3.05) is 6.26 Å². The lowest BCUT2D eigenvalue weighted by Crippen LogP contribution is -1.96. The molecule has 0 bridgehead atoms. The summed E-state index contributed by atoms with van der Waals surface area (Å²) in [6.45, 7) is 6.04. The van der Waals surface area contributed by atoms with Gasteiger partial charge in [-0.1, -0.05) is 55.8 Å². The summed E-state index contributed by atoms with van der Waals surface area (Å²) in [6.07, 6.45) is 1.22. The molecule has 0 radical (unpaired) electrons. The maximum atomic E-state index is 11.3. The van der Waals surface area contributed by atoms with Gasteiger partial charge >= 0.3 is 0 Å². The van der Waals surface area contributed by atoms with Gasteiger partial charge in [0.1, 0.15) is 0 Å². The maximum Gasteiger partial charge on any atom is 0.175 e. The molecule has 2 rings (SSSR count). The van der Waals surface area contributed by atoms with Crippen molar-refractivity contribution in [3.05, 3.63) is 54.1 Å². The van der Waals surface area contributed by atoms with Crippen LogP contribution in [-0.2, 0) is 9.84 Å². The molecule has 0 unspecified atom stereocenters. The largest absolute Gasteiger partial charge is 0.224 e. The molecular weight excluding hydrogens is 256 g/mol. The highest BCUT2D eigenvalue weighted by Gasteiger charge is 2.06. The Morgan fingerprint density at radius 1 is 0.737 bits per heavy atom.